The normalized spacial score (nSPS) is 11.5. The summed E-state index contributed by atoms with van der Waals surface area (Å²) in [6.45, 7) is 0.212. The quantitative estimate of drug-likeness (QED) is 0.197. The maximum Gasteiger partial charge on any atom is 0.326 e. The van der Waals surface area contributed by atoms with E-state index in [1.807, 2.05) is 0 Å². The summed E-state index contributed by atoms with van der Waals surface area (Å²) in [6.07, 6.45) is 0.227. The summed E-state index contributed by atoms with van der Waals surface area (Å²) in [4.78, 5) is 72.3. The van der Waals surface area contributed by atoms with Crippen molar-refractivity contribution in [3.8, 4) is 0 Å². The molecule has 2 aromatic heterocycles. The van der Waals surface area contributed by atoms with E-state index in [2.05, 4.69) is 30.6 Å². The number of nitrogens with zero attached hydrogens (tertiary/aromatic N) is 3. The number of fused-ring (bicyclic) bond motifs is 1. The maximum atomic E-state index is 12.4. The molecule has 1 atom stereocenters. The number of rotatable bonds is 11. The Bertz CT molecular complexity index is 1340. The van der Waals surface area contributed by atoms with Crippen molar-refractivity contribution in [3.63, 3.8) is 0 Å². The van der Waals surface area contributed by atoms with Crippen LogP contribution in [0, 0.1) is 0 Å². The van der Waals surface area contributed by atoms with E-state index in [0.29, 0.717) is 11.4 Å². The number of aromatic nitrogens is 4. The van der Waals surface area contributed by atoms with E-state index in [9.17, 15) is 29.1 Å². The zero-order chi connectivity index (χ0) is 25.5. The lowest BCUT2D eigenvalue weighted by Crippen LogP contribution is -2.41. The van der Waals surface area contributed by atoms with Gasteiger partial charge in [-0.2, -0.15) is 4.98 Å². The number of carbonyl (C=O) groups is 4. The Kier molecular flexibility index (Phi) is 7.66. The maximum absolute atomic E-state index is 12.4. The van der Waals surface area contributed by atoms with E-state index in [0.717, 1.165) is 0 Å². The highest BCUT2D eigenvalue weighted by Crippen LogP contribution is 2.12. The van der Waals surface area contributed by atoms with Crippen LogP contribution in [-0.4, -0.2) is 59.8 Å². The van der Waals surface area contributed by atoms with Crippen LogP contribution in [0.4, 0.5) is 11.6 Å². The minimum absolute atomic E-state index is 0.0446. The second-order valence-corrected chi connectivity index (χ2v) is 7.43. The Morgan fingerprint density at radius 3 is 2.46 bits per heavy atom. The molecule has 0 unspecified atom stereocenters. The highest BCUT2D eigenvalue weighted by atomic mass is 16.4. The molecular weight excluding hydrogens is 462 g/mol. The number of H-pyrrole nitrogens is 1. The van der Waals surface area contributed by atoms with Gasteiger partial charge in [-0.3, -0.25) is 19.2 Å². The number of carbonyl (C=O) groups excluding carboxylic acids is 2. The Balaban J connectivity index is 1.58. The van der Waals surface area contributed by atoms with Crippen molar-refractivity contribution in [2.75, 3.05) is 11.1 Å². The van der Waals surface area contributed by atoms with E-state index >= 15 is 0 Å². The lowest BCUT2D eigenvalue weighted by molar-refractivity contribution is -0.140. The number of carboxylic acid groups (broad SMARTS) is 2. The lowest BCUT2D eigenvalue weighted by atomic mass is 10.1. The summed E-state index contributed by atoms with van der Waals surface area (Å²) < 4.78 is 0. The van der Waals surface area contributed by atoms with Gasteiger partial charge in [0.25, 0.3) is 5.91 Å². The van der Waals surface area contributed by atoms with Gasteiger partial charge in [-0.1, -0.05) is 0 Å². The van der Waals surface area contributed by atoms with Gasteiger partial charge in [0, 0.05) is 17.7 Å². The fourth-order valence-corrected chi connectivity index (χ4v) is 3.06. The number of benzene rings is 1. The third kappa shape index (κ3) is 6.80. The van der Waals surface area contributed by atoms with Crippen molar-refractivity contribution in [3.05, 3.63) is 52.1 Å². The topological polar surface area (TPSA) is 230 Å². The molecule has 35 heavy (non-hydrogen) atoms. The standard InChI is InChI=1S/C21H21N7O7/c22-21-27-17-16(19(33)28-21)25-12(9-24-17)8-23-11-3-1-10(2-4-11)18(32)26-14(20(34)35)6-5-13(29)7-15(30)31/h1-4,9,14,23H,5-8H2,(H,26,32)(H,30,31)(H,34,35)(H3,22,24,27,28,33)/t14-/m0/s1. The molecule has 14 heteroatoms. The number of hydrogen-bond acceptors (Lipinski definition) is 10. The van der Waals surface area contributed by atoms with E-state index in [1.165, 1.54) is 18.3 Å². The molecule has 1 amide bonds. The molecule has 14 nitrogen and oxygen atoms in total. The average Bonchev–Trinajstić information content (AvgIpc) is 2.80. The van der Waals surface area contributed by atoms with Gasteiger partial charge in [-0.05, 0) is 30.7 Å². The fourth-order valence-electron chi connectivity index (χ4n) is 3.06. The molecule has 0 fully saturated rings. The summed E-state index contributed by atoms with van der Waals surface area (Å²) in [5.74, 6) is -4.00. The summed E-state index contributed by atoms with van der Waals surface area (Å²) in [5.41, 5.74) is 6.38. The van der Waals surface area contributed by atoms with Crippen molar-refractivity contribution in [1.82, 2.24) is 25.3 Å². The lowest BCUT2D eigenvalue weighted by Gasteiger charge is -2.14. The van der Waals surface area contributed by atoms with Gasteiger partial charge in [0.05, 0.1) is 18.4 Å². The predicted octanol–water partition coefficient (Wildman–Crippen LogP) is -0.0856. The summed E-state index contributed by atoms with van der Waals surface area (Å²) >= 11 is 0. The van der Waals surface area contributed by atoms with Crippen LogP contribution in [-0.2, 0) is 20.9 Å². The van der Waals surface area contributed by atoms with Crippen molar-refractivity contribution in [2.24, 2.45) is 0 Å². The zero-order valence-electron chi connectivity index (χ0n) is 18.1. The SMILES string of the molecule is Nc1nc(=O)c2nc(CNc3ccc(C(=O)N[C@@H](CCC(=O)CC(=O)O)C(=O)O)cc3)cnc2[nH]1. The van der Waals surface area contributed by atoms with Gasteiger partial charge in [0.1, 0.15) is 18.2 Å². The largest absolute Gasteiger partial charge is 0.481 e. The van der Waals surface area contributed by atoms with Gasteiger partial charge in [0.15, 0.2) is 11.2 Å². The third-order valence-corrected chi connectivity index (χ3v) is 4.78. The van der Waals surface area contributed by atoms with Gasteiger partial charge in [0.2, 0.25) is 5.95 Å². The molecule has 0 spiro atoms. The first kappa shape index (κ1) is 24.8. The van der Waals surface area contributed by atoms with Crippen molar-refractivity contribution in [1.29, 1.82) is 0 Å². The van der Waals surface area contributed by atoms with Crippen molar-refractivity contribution < 1.29 is 29.4 Å². The number of nitrogen functional groups attached to an aromatic ring is 1. The van der Waals surface area contributed by atoms with Crippen LogP contribution >= 0.6 is 0 Å². The Morgan fingerprint density at radius 1 is 1.09 bits per heavy atom. The number of carboxylic acids is 2. The smallest absolute Gasteiger partial charge is 0.326 e. The van der Waals surface area contributed by atoms with Crippen LogP contribution in [0.3, 0.4) is 0 Å². The Morgan fingerprint density at radius 2 is 1.80 bits per heavy atom. The molecule has 0 bridgehead atoms. The molecule has 0 radical (unpaired) electrons. The number of anilines is 2. The summed E-state index contributed by atoms with van der Waals surface area (Å²) in [5, 5.41) is 23.3. The van der Waals surface area contributed by atoms with Crippen LogP contribution in [0.25, 0.3) is 11.2 Å². The van der Waals surface area contributed by atoms with E-state index in [-0.39, 0.29) is 42.1 Å². The van der Waals surface area contributed by atoms with Crippen LogP contribution in [0.1, 0.15) is 35.3 Å². The molecule has 1 aromatic carbocycles. The third-order valence-electron chi connectivity index (χ3n) is 4.78. The molecule has 182 valence electrons. The average molecular weight is 483 g/mol. The minimum atomic E-state index is -1.35. The second kappa shape index (κ2) is 10.8. The Labute approximate surface area is 196 Å². The van der Waals surface area contributed by atoms with Crippen LogP contribution in [0.2, 0.25) is 0 Å². The summed E-state index contributed by atoms with van der Waals surface area (Å²) in [6, 6.07) is 4.76. The molecule has 0 aliphatic heterocycles. The van der Waals surface area contributed by atoms with E-state index in [1.54, 1.807) is 12.1 Å². The van der Waals surface area contributed by atoms with Gasteiger partial charge in [-0.25, -0.2) is 14.8 Å². The zero-order valence-corrected chi connectivity index (χ0v) is 18.1. The molecule has 3 rings (SSSR count). The molecule has 0 saturated carbocycles. The number of nitrogens with one attached hydrogen (secondary N) is 3. The number of Topliss-reactive ketones (excluding diaryl/α,β-unsaturated/α-hetero) is 1. The predicted molar refractivity (Wildman–Crippen MR) is 122 cm³/mol. The van der Waals surface area contributed by atoms with Crippen LogP contribution in [0.15, 0.2) is 35.3 Å². The number of amides is 1. The highest BCUT2D eigenvalue weighted by Gasteiger charge is 2.22. The molecular formula is C21H21N7O7. The number of aromatic amines is 1. The number of ketones is 1. The monoisotopic (exact) mass is 483 g/mol. The van der Waals surface area contributed by atoms with Gasteiger partial charge >= 0.3 is 17.5 Å². The molecule has 2 heterocycles. The molecule has 0 aliphatic carbocycles. The fraction of sp³-hybridized carbons (Fsp3) is 0.238. The number of nitrogens with two attached hydrogens (primary N) is 1. The minimum Gasteiger partial charge on any atom is -0.481 e. The Hall–Kier alpha value is -4.88. The van der Waals surface area contributed by atoms with Crippen LogP contribution < -0.4 is 21.9 Å². The van der Waals surface area contributed by atoms with E-state index < -0.39 is 41.7 Å². The molecule has 7 N–H and O–H groups in total. The molecule has 0 saturated heterocycles. The molecule has 3 aromatic rings. The van der Waals surface area contributed by atoms with Gasteiger partial charge in [-0.15, -0.1) is 0 Å². The van der Waals surface area contributed by atoms with Crippen molar-refractivity contribution in [2.45, 2.75) is 31.8 Å². The number of aliphatic carboxylic acids is 2. The first-order valence-electron chi connectivity index (χ1n) is 10.2. The van der Waals surface area contributed by atoms with Crippen molar-refractivity contribution >= 4 is 46.4 Å². The highest BCUT2D eigenvalue weighted by molar-refractivity contribution is 5.97. The first-order chi connectivity index (χ1) is 16.6. The molecule has 0 aliphatic rings. The van der Waals surface area contributed by atoms with E-state index in [4.69, 9.17) is 10.8 Å². The number of hydrogen-bond donors (Lipinski definition) is 6. The first-order valence-corrected chi connectivity index (χ1v) is 10.2. The van der Waals surface area contributed by atoms with Crippen LogP contribution in [0.5, 0.6) is 0 Å². The second-order valence-electron chi connectivity index (χ2n) is 7.43. The van der Waals surface area contributed by atoms with Gasteiger partial charge < -0.3 is 31.6 Å². The summed E-state index contributed by atoms with van der Waals surface area (Å²) in [7, 11) is 0.